The van der Waals surface area contributed by atoms with Crippen LogP contribution in [0.3, 0.4) is 0 Å². The number of imide groups is 1. The molecule has 5 fully saturated rings. The molecule has 3 amide bonds. The quantitative estimate of drug-likeness (QED) is 0.152. The molecule has 4 saturated heterocycles. The minimum Gasteiger partial charge on any atom is -0.380 e. The van der Waals surface area contributed by atoms with Crippen LogP contribution in [0.5, 0.6) is 0 Å². The summed E-state index contributed by atoms with van der Waals surface area (Å²) >= 11 is 0. The minimum atomic E-state index is -2.86. The van der Waals surface area contributed by atoms with Gasteiger partial charge in [-0.1, -0.05) is 17.9 Å². The zero-order chi connectivity index (χ0) is 44.1. The van der Waals surface area contributed by atoms with Crippen LogP contribution >= 0.6 is 0 Å². The molecule has 19 heteroatoms. The number of amides is 3. The van der Waals surface area contributed by atoms with Gasteiger partial charge in [-0.25, -0.2) is 23.1 Å². The summed E-state index contributed by atoms with van der Waals surface area (Å²) in [7, 11) is 1.66. The highest BCUT2D eigenvalue weighted by atomic mass is 19.3. The number of aryl methyl sites for hydroxylation is 1. The second-order valence-electron chi connectivity index (χ2n) is 18.1. The third kappa shape index (κ3) is 8.07. The van der Waals surface area contributed by atoms with E-state index >= 15 is 0 Å². The highest BCUT2D eigenvalue weighted by Gasteiger charge is 2.45. The Labute approximate surface area is 367 Å². The second kappa shape index (κ2) is 17.2. The molecule has 1 spiro atoms. The van der Waals surface area contributed by atoms with Crippen LogP contribution in [0.2, 0.25) is 0 Å². The van der Waals surface area contributed by atoms with Gasteiger partial charge >= 0.3 is 5.69 Å². The van der Waals surface area contributed by atoms with E-state index in [1.807, 2.05) is 18.2 Å². The maximum Gasteiger partial charge on any atom is 0.329 e. The molecule has 5 aromatic rings. The van der Waals surface area contributed by atoms with Gasteiger partial charge in [0.2, 0.25) is 11.8 Å². The molecule has 336 valence electrons. The van der Waals surface area contributed by atoms with Crippen molar-refractivity contribution < 1.29 is 32.6 Å². The number of fused-ring (bicyclic) bond motifs is 2. The lowest BCUT2D eigenvalue weighted by Crippen LogP contribution is -2.44. The van der Waals surface area contributed by atoms with Gasteiger partial charge < -0.3 is 24.6 Å². The molecule has 4 aromatic heterocycles. The van der Waals surface area contributed by atoms with Crippen molar-refractivity contribution >= 4 is 45.9 Å². The van der Waals surface area contributed by atoms with Crippen LogP contribution in [0.25, 0.3) is 16.7 Å². The highest BCUT2D eigenvalue weighted by Crippen LogP contribution is 2.39. The lowest BCUT2D eigenvalue weighted by molar-refractivity contribution is -0.135. The Morgan fingerprint density at radius 1 is 1.06 bits per heavy atom. The van der Waals surface area contributed by atoms with Crippen LogP contribution in [-0.2, 0) is 26.1 Å². The Morgan fingerprint density at radius 3 is 2.61 bits per heavy atom. The van der Waals surface area contributed by atoms with Crippen molar-refractivity contribution in [1.82, 2.24) is 43.7 Å². The fourth-order valence-electron chi connectivity index (χ4n) is 10.3. The molecule has 5 aliphatic rings. The molecular formula is C45H51F2N11O6. The third-order valence-electron chi connectivity index (χ3n) is 13.9. The number of hydrogen-bond acceptors (Lipinski definition) is 11. The number of carbonyl (C=O) groups excluding carboxylic acids is 3. The lowest BCUT2D eigenvalue weighted by Gasteiger charge is -2.37. The van der Waals surface area contributed by atoms with Gasteiger partial charge in [-0.05, 0) is 75.5 Å². The summed E-state index contributed by atoms with van der Waals surface area (Å²) < 4.78 is 46.3. The molecule has 1 saturated carbocycles. The van der Waals surface area contributed by atoms with E-state index in [1.165, 1.54) is 26.0 Å². The van der Waals surface area contributed by atoms with Crippen LogP contribution < -0.4 is 21.2 Å². The Bertz CT molecular complexity index is 2730. The van der Waals surface area contributed by atoms with Gasteiger partial charge in [0.15, 0.2) is 11.3 Å². The van der Waals surface area contributed by atoms with Crippen LogP contribution in [0.1, 0.15) is 97.9 Å². The van der Waals surface area contributed by atoms with Gasteiger partial charge in [0, 0.05) is 64.0 Å². The Hall–Kier alpha value is -5.97. The predicted molar refractivity (Wildman–Crippen MR) is 230 cm³/mol. The summed E-state index contributed by atoms with van der Waals surface area (Å²) in [5, 5.41) is 13.6. The fourth-order valence-corrected chi connectivity index (χ4v) is 10.3. The number of benzene rings is 1. The molecular weight excluding hydrogens is 829 g/mol. The first kappa shape index (κ1) is 42.0. The van der Waals surface area contributed by atoms with Crippen LogP contribution in [0.15, 0.2) is 47.7 Å². The van der Waals surface area contributed by atoms with E-state index in [9.17, 15) is 28.0 Å². The highest BCUT2D eigenvalue weighted by molar-refractivity contribution is 6.08. The number of anilines is 2. The summed E-state index contributed by atoms with van der Waals surface area (Å²) in [6.07, 6.45) is 8.64. The number of rotatable bonds is 10. The number of likely N-dealkylation sites (tertiary alicyclic amines) is 1. The van der Waals surface area contributed by atoms with Gasteiger partial charge in [0.05, 0.1) is 53.8 Å². The topological polar surface area (TPSA) is 175 Å². The van der Waals surface area contributed by atoms with Gasteiger partial charge in [-0.2, -0.15) is 10.2 Å². The number of para-hydroxylation sites is 1. The number of nitrogens with one attached hydrogen (secondary N) is 2. The summed E-state index contributed by atoms with van der Waals surface area (Å²) in [4.78, 5) is 60.5. The number of nitrogens with zero attached hydrogens (tertiary/aromatic N) is 9. The third-order valence-corrected chi connectivity index (χ3v) is 13.9. The minimum absolute atomic E-state index is 0.00814. The Morgan fingerprint density at radius 2 is 1.88 bits per heavy atom. The molecule has 8 heterocycles. The number of alkyl halides is 2. The van der Waals surface area contributed by atoms with Crippen molar-refractivity contribution in [2.24, 2.45) is 18.4 Å². The van der Waals surface area contributed by atoms with E-state index in [-0.39, 0.29) is 59.9 Å². The largest absolute Gasteiger partial charge is 0.380 e. The average molecular weight is 880 g/mol. The molecule has 0 radical (unpaired) electrons. The van der Waals surface area contributed by atoms with Gasteiger partial charge in [-0.3, -0.25) is 33.5 Å². The van der Waals surface area contributed by atoms with Crippen LogP contribution in [0, 0.1) is 23.2 Å². The van der Waals surface area contributed by atoms with Crippen molar-refractivity contribution in [2.75, 3.05) is 62.8 Å². The number of hydrogen-bond donors (Lipinski definition) is 2. The zero-order valence-corrected chi connectivity index (χ0v) is 35.7. The molecule has 1 atom stereocenters. The smallest absolute Gasteiger partial charge is 0.329 e. The molecule has 1 aromatic carbocycles. The SMILES string of the molecule is Cn1c(=O)n(C2CCC(=O)NC2=O)c2cccc(C#CCOC3CCN(C[C@H]4CC[C@H](n5cc(NC(=O)c6cnn7ccc(N8CCC9(COC9)C8)nc67)c(C(F)F)n5)CC4)CC3)c21. The van der Waals surface area contributed by atoms with Crippen molar-refractivity contribution in [2.45, 2.75) is 82.4 Å². The van der Waals surface area contributed by atoms with E-state index < -0.39 is 30.0 Å². The van der Waals surface area contributed by atoms with Gasteiger partial charge in [0.25, 0.3) is 12.3 Å². The number of aromatic nitrogens is 7. The van der Waals surface area contributed by atoms with Crippen molar-refractivity contribution in [1.29, 1.82) is 0 Å². The second-order valence-corrected chi connectivity index (χ2v) is 18.1. The van der Waals surface area contributed by atoms with Crippen LogP contribution in [-0.4, -0.2) is 115 Å². The molecule has 64 heavy (non-hydrogen) atoms. The van der Waals surface area contributed by atoms with Crippen molar-refractivity contribution in [3.8, 4) is 11.8 Å². The molecule has 17 nitrogen and oxygen atoms in total. The number of halogens is 2. The standard InChI is InChI=1S/C45H51F2N11O6/c1-53-39-29(4-2-6-34(39)58(44(53)62)35-11-12-37(59)51-43(35)61)5-3-21-64-31-13-17-54(18-14-31)23-28-7-9-30(10-8-28)57-24-33(38(52-57)40(46)47)49-42(60)32-22-48-56-19-15-36(50-41(32)56)55-20-16-45(25-55)26-63-27-45/h2,4,6,15,19,22,24,28,30-31,35,40H,7-14,16-18,20-21,23,25-27H2,1H3,(H,49,60)(H,51,59,61)/t28-,30-,35?. The molecule has 1 unspecified atom stereocenters. The fraction of sp³-hybridized carbons (Fsp3) is 0.533. The number of ether oxygens (including phenoxy) is 2. The van der Waals surface area contributed by atoms with E-state index in [0.29, 0.717) is 28.2 Å². The number of carbonyl (C=O) groups is 3. The van der Waals surface area contributed by atoms with Gasteiger partial charge in [0.1, 0.15) is 24.0 Å². The first-order chi connectivity index (χ1) is 31.0. The molecule has 0 bridgehead atoms. The van der Waals surface area contributed by atoms with E-state index in [0.717, 1.165) is 96.7 Å². The van der Waals surface area contributed by atoms with E-state index in [2.05, 4.69) is 42.5 Å². The molecule has 2 N–H and O–H groups in total. The maximum absolute atomic E-state index is 14.3. The summed E-state index contributed by atoms with van der Waals surface area (Å²) in [5.74, 6) is 6.13. The number of imidazole rings is 1. The first-order valence-electron chi connectivity index (χ1n) is 22.2. The van der Waals surface area contributed by atoms with E-state index in [4.69, 9.17) is 14.5 Å². The van der Waals surface area contributed by atoms with Crippen molar-refractivity contribution in [3.05, 3.63) is 70.2 Å². The maximum atomic E-state index is 14.3. The summed E-state index contributed by atoms with van der Waals surface area (Å²) in [6, 6.07) is 6.50. The summed E-state index contributed by atoms with van der Waals surface area (Å²) in [5.41, 5.74) is 1.81. The van der Waals surface area contributed by atoms with Crippen LogP contribution in [0.4, 0.5) is 20.3 Å². The lowest BCUT2D eigenvalue weighted by atomic mass is 9.85. The molecule has 10 rings (SSSR count). The molecule has 1 aliphatic carbocycles. The van der Waals surface area contributed by atoms with Gasteiger partial charge in [-0.15, -0.1) is 0 Å². The Kier molecular flexibility index (Phi) is 11.3. The average Bonchev–Trinajstić information content (AvgIpc) is 4.08. The Balaban J connectivity index is 0.698. The normalized spacial score (nSPS) is 22.9. The monoisotopic (exact) mass is 879 g/mol. The van der Waals surface area contributed by atoms with E-state index in [1.54, 1.807) is 24.0 Å². The first-order valence-corrected chi connectivity index (χ1v) is 22.2. The zero-order valence-electron chi connectivity index (χ0n) is 35.7. The molecule has 4 aliphatic heterocycles. The number of piperidine rings is 2. The predicted octanol–water partition coefficient (Wildman–Crippen LogP) is 4.24. The summed E-state index contributed by atoms with van der Waals surface area (Å²) in [6.45, 7) is 6.19. The van der Waals surface area contributed by atoms with Crippen molar-refractivity contribution in [3.63, 3.8) is 0 Å².